The van der Waals surface area contributed by atoms with Gasteiger partial charge in [-0.2, -0.15) is 0 Å². The van der Waals surface area contributed by atoms with Gasteiger partial charge in [-0.15, -0.1) is 11.3 Å². The molecular formula is C23H25N3OS2. The van der Waals surface area contributed by atoms with Gasteiger partial charge in [-0.1, -0.05) is 54.2 Å². The van der Waals surface area contributed by atoms with Gasteiger partial charge in [0, 0.05) is 55.1 Å². The predicted octanol–water partition coefficient (Wildman–Crippen LogP) is 4.70. The van der Waals surface area contributed by atoms with E-state index in [1.165, 1.54) is 11.1 Å². The van der Waals surface area contributed by atoms with Crippen molar-refractivity contribution in [2.45, 2.75) is 23.6 Å². The molecule has 4 nitrogen and oxygen atoms in total. The van der Waals surface area contributed by atoms with E-state index in [0.717, 1.165) is 54.1 Å². The highest BCUT2D eigenvalue weighted by atomic mass is 32.2. The van der Waals surface area contributed by atoms with Crippen LogP contribution < -0.4 is 0 Å². The van der Waals surface area contributed by atoms with Crippen LogP contribution in [0.3, 0.4) is 0 Å². The smallest absolute Gasteiger partial charge is 0.253 e. The lowest BCUT2D eigenvalue weighted by atomic mass is 10.1. The highest BCUT2D eigenvalue weighted by molar-refractivity contribution is 8.00. The largest absolute Gasteiger partial charge is 0.336 e. The second-order valence-corrected chi connectivity index (χ2v) is 9.37. The van der Waals surface area contributed by atoms with Gasteiger partial charge in [-0.05, 0) is 30.2 Å². The molecule has 2 aromatic carbocycles. The fourth-order valence-corrected chi connectivity index (χ4v) is 5.23. The average molecular weight is 424 g/mol. The molecule has 150 valence electrons. The van der Waals surface area contributed by atoms with Crippen molar-refractivity contribution in [2.75, 3.05) is 26.2 Å². The molecule has 0 saturated carbocycles. The number of hydrogen-bond acceptors (Lipinski definition) is 5. The maximum Gasteiger partial charge on any atom is 0.253 e. The fraction of sp³-hybridized carbons (Fsp3) is 0.304. The van der Waals surface area contributed by atoms with E-state index in [4.69, 9.17) is 0 Å². The Bertz CT molecular complexity index is 932. The van der Waals surface area contributed by atoms with Gasteiger partial charge >= 0.3 is 0 Å². The Morgan fingerprint density at radius 1 is 1.00 bits per heavy atom. The summed E-state index contributed by atoms with van der Waals surface area (Å²) in [6.07, 6.45) is 0. The van der Waals surface area contributed by atoms with Crippen LogP contribution in [0, 0.1) is 6.92 Å². The number of benzene rings is 2. The number of aromatic nitrogens is 1. The number of rotatable bonds is 6. The molecule has 2 heterocycles. The lowest BCUT2D eigenvalue weighted by molar-refractivity contribution is 0.0628. The molecule has 4 rings (SSSR count). The number of hydrogen-bond donors (Lipinski definition) is 0. The van der Waals surface area contributed by atoms with Gasteiger partial charge in [-0.25, -0.2) is 4.98 Å². The second kappa shape index (κ2) is 9.57. The van der Waals surface area contributed by atoms with E-state index < -0.39 is 0 Å². The van der Waals surface area contributed by atoms with Gasteiger partial charge in [0.15, 0.2) is 0 Å². The zero-order valence-electron chi connectivity index (χ0n) is 16.6. The van der Waals surface area contributed by atoms with Crippen molar-refractivity contribution in [3.63, 3.8) is 0 Å². The first kappa shape index (κ1) is 20.1. The molecule has 0 N–H and O–H groups in total. The first-order valence-electron chi connectivity index (χ1n) is 9.87. The molecule has 0 unspecified atom stereocenters. The van der Waals surface area contributed by atoms with Crippen LogP contribution in [0.5, 0.6) is 0 Å². The van der Waals surface area contributed by atoms with Crippen molar-refractivity contribution in [3.05, 3.63) is 82.4 Å². The van der Waals surface area contributed by atoms with E-state index in [-0.39, 0.29) is 5.91 Å². The summed E-state index contributed by atoms with van der Waals surface area (Å²) in [6, 6.07) is 18.6. The highest BCUT2D eigenvalue weighted by Gasteiger charge is 2.22. The van der Waals surface area contributed by atoms with E-state index in [0.29, 0.717) is 0 Å². The number of piperazine rings is 1. The number of nitrogens with zero attached hydrogens (tertiary/aromatic N) is 3. The molecular weight excluding hydrogens is 398 g/mol. The molecule has 0 atom stereocenters. The first-order valence-corrected chi connectivity index (χ1v) is 11.7. The van der Waals surface area contributed by atoms with Crippen LogP contribution in [0.2, 0.25) is 0 Å². The first-order chi connectivity index (χ1) is 14.2. The third-order valence-corrected chi connectivity index (χ3v) is 7.28. The summed E-state index contributed by atoms with van der Waals surface area (Å²) >= 11 is 3.43. The molecule has 29 heavy (non-hydrogen) atoms. The van der Waals surface area contributed by atoms with Crippen LogP contribution in [0.15, 0.2) is 64.3 Å². The van der Waals surface area contributed by atoms with Crippen molar-refractivity contribution in [1.82, 2.24) is 14.8 Å². The van der Waals surface area contributed by atoms with Crippen LogP contribution in [0.1, 0.15) is 27.2 Å². The predicted molar refractivity (Wildman–Crippen MR) is 120 cm³/mol. The Hall–Kier alpha value is -2.15. The van der Waals surface area contributed by atoms with Gasteiger partial charge in [0.05, 0.1) is 0 Å². The quantitative estimate of drug-likeness (QED) is 0.539. The summed E-state index contributed by atoms with van der Waals surface area (Å²) in [5.41, 5.74) is 4.39. The average Bonchev–Trinajstić information content (AvgIpc) is 3.19. The zero-order chi connectivity index (χ0) is 20.1. The van der Waals surface area contributed by atoms with E-state index in [1.807, 2.05) is 30.0 Å². The summed E-state index contributed by atoms with van der Waals surface area (Å²) in [5, 5.41) is 2.07. The van der Waals surface area contributed by atoms with Crippen molar-refractivity contribution in [3.8, 4) is 0 Å². The van der Waals surface area contributed by atoms with Crippen LogP contribution in [0.4, 0.5) is 0 Å². The fourth-order valence-electron chi connectivity index (χ4n) is 3.42. The van der Waals surface area contributed by atoms with Gasteiger partial charge in [0.25, 0.3) is 5.91 Å². The van der Waals surface area contributed by atoms with Gasteiger partial charge in [0.2, 0.25) is 0 Å². The molecule has 1 fully saturated rings. The van der Waals surface area contributed by atoms with Crippen molar-refractivity contribution >= 4 is 29.0 Å². The summed E-state index contributed by atoms with van der Waals surface area (Å²) in [7, 11) is 0. The summed E-state index contributed by atoms with van der Waals surface area (Å²) < 4.78 is 1.09. The van der Waals surface area contributed by atoms with E-state index in [9.17, 15) is 4.79 Å². The molecule has 0 spiro atoms. The summed E-state index contributed by atoms with van der Waals surface area (Å²) in [6.45, 7) is 6.38. The summed E-state index contributed by atoms with van der Waals surface area (Å²) in [4.78, 5) is 21.7. The molecule has 3 aromatic rings. The maximum atomic E-state index is 12.9. The van der Waals surface area contributed by atoms with Crippen LogP contribution in [-0.4, -0.2) is 46.9 Å². The molecule has 1 saturated heterocycles. The van der Waals surface area contributed by atoms with E-state index in [1.54, 1.807) is 23.1 Å². The monoisotopic (exact) mass is 423 g/mol. The molecule has 0 bridgehead atoms. The SMILES string of the molecule is Cc1csc(SCc2ccc(C(=O)N3CCN(Cc4ccccc4)CC3)cc2)n1. The van der Waals surface area contributed by atoms with E-state index in [2.05, 4.69) is 51.7 Å². The van der Waals surface area contributed by atoms with Crippen molar-refractivity contribution in [1.29, 1.82) is 0 Å². The van der Waals surface area contributed by atoms with Crippen LogP contribution >= 0.6 is 23.1 Å². The standard InChI is InChI=1S/C23H25N3OS2/c1-18-16-28-23(24-18)29-17-20-7-9-21(10-8-20)22(27)26-13-11-25(12-14-26)15-19-5-3-2-4-6-19/h2-10,16H,11-15,17H2,1H3. The second-order valence-electron chi connectivity index (χ2n) is 7.29. The number of carbonyl (C=O) groups is 1. The Morgan fingerprint density at radius 2 is 1.72 bits per heavy atom. The molecule has 6 heteroatoms. The van der Waals surface area contributed by atoms with Crippen LogP contribution in [0.25, 0.3) is 0 Å². The molecule has 1 amide bonds. The van der Waals surface area contributed by atoms with Gasteiger partial charge in [0.1, 0.15) is 4.34 Å². The molecule has 0 aliphatic carbocycles. The van der Waals surface area contributed by atoms with Gasteiger partial charge in [-0.3, -0.25) is 9.69 Å². The molecule has 1 aromatic heterocycles. The maximum absolute atomic E-state index is 12.9. The Balaban J connectivity index is 1.27. The lowest BCUT2D eigenvalue weighted by Crippen LogP contribution is -2.48. The number of thioether (sulfide) groups is 1. The topological polar surface area (TPSA) is 36.4 Å². The Labute approximate surface area is 180 Å². The minimum atomic E-state index is 0.138. The molecule has 1 aliphatic rings. The number of aryl methyl sites for hydroxylation is 1. The lowest BCUT2D eigenvalue weighted by Gasteiger charge is -2.34. The minimum Gasteiger partial charge on any atom is -0.336 e. The molecule has 1 aliphatic heterocycles. The third kappa shape index (κ3) is 5.47. The number of carbonyl (C=O) groups excluding carboxylic acids is 1. The molecule has 0 radical (unpaired) electrons. The Morgan fingerprint density at radius 3 is 2.38 bits per heavy atom. The summed E-state index contributed by atoms with van der Waals surface area (Å²) in [5.74, 6) is 1.01. The number of thiazole rings is 1. The van der Waals surface area contributed by atoms with Crippen LogP contribution in [-0.2, 0) is 12.3 Å². The Kier molecular flexibility index (Phi) is 6.64. The zero-order valence-corrected chi connectivity index (χ0v) is 18.2. The number of amides is 1. The highest BCUT2D eigenvalue weighted by Crippen LogP contribution is 2.26. The van der Waals surface area contributed by atoms with Gasteiger partial charge < -0.3 is 4.90 Å². The van der Waals surface area contributed by atoms with Crippen molar-refractivity contribution in [2.24, 2.45) is 0 Å². The van der Waals surface area contributed by atoms with E-state index >= 15 is 0 Å². The third-order valence-electron chi connectivity index (χ3n) is 5.07. The van der Waals surface area contributed by atoms with Crippen molar-refractivity contribution < 1.29 is 4.79 Å². The minimum absolute atomic E-state index is 0.138. The normalized spacial score (nSPS) is 14.9.